The van der Waals surface area contributed by atoms with E-state index >= 15 is 0 Å². The molecule has 1 aliphatic carbocycles. The molecule has 0 spiro atoms. The van der Waals surface area contributed by atoms with Gasteiger partial charge in [0.2, 0.25) is 0 Å². The molecule has 1 aromatic heterocycles. The van der Waals surface area contributed by atoms with E-state index in [0.29, 0.717) is 18.2 Å². The molecule has 0 aliphatic heterocycles. The van der Waals surface area contributed by atoms with Crippen molar-refractivity contribution in [2.45, 2.75) is 31.7 Å². The molecular weight excluding hydrogens is 206 g/mol. The molecule has 2 rings (SSSR count). The summed E-state index contributed by atoms with van der Waals surface area (Å²) in [5, 5.41) is 9.62. The van der Waals surface area contributed by atoms with E-state index in [1.165, 1.54) is 0 Å². The van der Waals surface area contributed by atoms with Gasteiger partial charge in [0, 0.05) is 24.6 Å². The molecule has 0 saturated heterocycles. The first-order chi connectivity index (χ1) is 7.70. The summed E-state index contributed by atoms with van der Waals surface area (Å²) in [4.78, 5) is 11.7. The molecule has 1 fully saturated rings. The molecule has 1 unspecified atom stereocenters. The molecule has 0 aromatic carbocycles. The van der Waals surface area contributed by atoms with Crippen molar-refractivity contribution < 1.29 is 9.32 Å². The van der Waals surface area contributed by atoms with Crippen LogP contribution < -0.4 is 10.6 Å². The van der Waals surface area contributed by atoms with E-state index in [0.717, 1.165) is 18.6 Å². The van der Waals surface area contributed by atoms with E-state index in [1.54, 1.807) is 6.07 Å². The van der Waals surface area contributed by atoms with Crippen molar-refractivity contribution in [1.29, 1.82) is 0 Å². The number of likely N-dealkylation sites (N-methyl/N-ethyl adjacent to an activating group) is 1. The largest absolute Gasteiger partial charge is 0.360 e. The van der Waals surface area contributed by atoms with Gasteiger partial charge >= 0.3 is 0 Å². The zero-order chi connectivity index (χ0) is 11.5. The first kappa shape index (κ1) is 11.1. The van der Waals surface area contributed by atoms with Gasteiger partial charge in [-0.05, 0) is 26.8 Å². The Balaban J connectivity index is 1.87. The van der Waals surface area contributed by atoms with E-state index in [-0.39, 0.29) is 11.9 Å². The monoisotopic (exact) mass is 223 g/mol. The fourth-order valence-electron chi connectivity index (χ4n) is 1.39. The number of nitrogens with one attached hydrogen (secondary N) is 2. The number of amides is 1. The van der Waals surface area contributed by atoms with Gasteiger partial charge < -0.3 is 15.2 Å². The average Bonchev–Trinajstić information content (AvgIpc) is 3.03. The van der Waals surface area contributed by atoms with Gasteiger partial charge in [0.15, 0.2) is 5.69 Å². The Morgan fingerprint density at radius 2 is 2.44 bits per heavy atom. The number of nitrogens with zero attached hydrogens (tertiary/aromatic N) is 1. The first-order valence-electron chi connectivity index (χ1n) is 5.62. The minimum atomic E-state index is -0.169. The Labute approximate surface area is 94.6 Å². The molecular formula is C11H17N3O2. The highest BCUT2D eigenvalue weighted by atomic mass is 16.5. The van der Waals surface area contributed by atoms with Crippen LogP contribution in [-0.2, 0) is 0 Å². The molecule has 1 saturated carbocycles. The maximum Gasteiger partial charge on any atom is 0.273 e. The van der Waals surface area contributed by atoms with Crippen molar-refractivity contribution in [3.63, 3.8) is 0 Å². The molecule has 1 heterocycles. The van der Waals surface area contributed by atoms with Gasteiger partial charge in [-0.25, -0.2) is 0 Å². The normalized spacial score (nSPS) is 17.1. The Morgan fingerprint density at radius 1 is 1.69 bits per heavy atom. The first-order valence-corrected chi connectivity index (χ1v) is 5.62. The Morgan fingerprint density at radius 3 is 3.06 bits per heavy atom. The Bertz CT molecular complexity index is 371. The summed E-state index contributed by atoms with van der Waals surface area (Å²) in [6.07, 6.45) is 2.29. The summed E-state index contributed by atoms with van der Waals surface area (Å²) >= 11 is 0. The van der Waals surface area contributed by atoms with Gasteiger partial charge in [0.1, 0.15) is 5.76 Å². The third-order valence-corrected chi connectivity index (χ3v) is 2.80. The van der Waals surface area contributed by atoms with Crippen LogP contribution in [0.2, 0.25) is 0 Å². The summed E-state index contributed by atoms with van der Waals surface area (Å²) < 4.78 is 5.12. The van der Waals surface area contributed by atoms with E-state index in [9.17, 15) is 4.79 Å². The van der Waals surface area contributed by atoms with Gasteiger partial charge in [-0.2, -0.15) is 0 Å². The van der Waals surface area contributed by atoms with Gasteiger partial charge in [-0.3, -0.25) is 4.79 Å². The number of rotatable bonds is 5. The van der Waals surface area contributed by atoms with Crippen LogP contribution in [0.15, 0.2) is 10.6 Å². The van der Waals surface area contributed by atoms with Crippen LogP contribution in [0.5, 0.6) is 0 Å². The van der Waals surface area contributed by atoms with Gasteiger partial charge in [0.25, 0.3) is 5.91 Å². The maximum atomic E-state index is 11.7. The zero-order valence-corrected chi connectivity index (χ0v) is 9.62. The standard InChI is InChI=1S/C11H17N3O2/c1-7(12-2)6-13-11(15)9-5-10(16-14-9)8-3-4-8/h5,7-8,12H,3-4,6H2,1-2H3,(H,13,15). The molecule has 88 valence electrons. The number of hydrogen-bond acceptors (Lipinski definition) is 4. The van der Waals surface area contributed by atoms with Crippen LogP contribution in [0, 0.1) is 0 Å². The van der Waals surface area contributed by atoms with Crippen molar-refractivity contribution in [2.24, 2.45) is 0 Å². The Kier molecular flexibility index (Phi) is 3.24. The van der Waals surface area contributed by atoms with Crippen LogP contribution in [0.25, 0.3) is 0 Å². The molecule has 1 atom stereocenters. The van der Waals surface area contributed by atoms with Crippen molar-refractivity contribution in [3.8, 4) is 0 Å². The van der Waals surface area contributed by atoms with E-state index < -0.39 is 0 Å². The quantitative estimate of drug-likeness (QED) is 0.778. The lowest BCUT2D eigenvalue weighted by atomic mass is 10.2. The topological polar surface area (TPSA) is 67.2 Å². The number of hydrogen-bond donors (Lipinski definition) is 2. The maximum absolute atomic E-state index is 11.7. The van der Waals surface area contributed by atoms with Crippen LogP contribution in [-0.4, -0.2) is 30.7 Å². The molecule has 2 N–H and O–H groups in total. The number of carbonyl (C=O) groups is 1. The number of aromatic nitrogens is 1. The van der Waals surface area contributed by atoms with Gasteiger partial charge in [-0.15, -0.1) is 0 Å². The lowest BCUT2D eigenvalue weighted by Gasteiger charge is -2.09. The van der Waals surface area contributed by atoms with E-state index in [1.807, 2.05) is 14.0 Å². The minimum Gasteiger partial charge on any atom is -0.360 e. The van der Waals surface area contributed by atoms with Crippen molar-refractivity contribution >= 4 is 5.91 Å². The summed E-state index contributed by atoms with van der Waals surface area (Å²) in [6.45, 7) is 2.58. The van der Waals surface area contributed by atoms with Crippen molar-refractivity contribution in [1.82, 2.24) is 15.8 Å². The lowest BCUT2D eigenvalue weighted by Crippen LogP contribution is -2.37. The van der Waals surface area contributed by atoms with Crippen LogP contribution in [0.4, 0.5) is 0 Å². The predicted molar refractivity (Wildman–Crippen MR) is 59.3 cm³/mol. The molecule has 1 amide bonds. The number of carbonyl (C=O) groups excluding carboxylic acids is 1. The molecule has 1 aromatic rings. The summed E-state index contributed by atoms with van der Waals surface area (Å²) in [5.41, 5.74) is 0.380. The third-order valence-electron chi connectivity index (χ3n) is 2.80. The highest BCUT2D eigenvalue weighted by Crippen LogP contribution is 2.40. The molecule has 1 aliphatic rings. The second-order valence-corrected chi connectivity index (χ2v) is 4.29. The molecule has 0 bridgehead atoms. The summed E-state index contributed by atoms with van der Waals surface area (Å²) in [7, 11) is 1.86. The van der Waals surface area contributed by atoms with Crippen molar-refractivity contribution in [3.05, 3.63) is 17.5 Å². The van der Waals surface area contributed by atoms with Crippen LogP contribution in [0.3, 0.4) is 0 Å². The van der Waals surface area contributed by atoms with Gasteiger partial charge in [0.05, 0.1) is 0 Å². The molecule has 0 radical (unpaired) electrons. The third kappa shape index (κ3) is 2.61. The van der Waals surface area contributed by atoms with E-state index in [2.05, 4.69) is 15.8 Å². The lowest BCUT2D eigenvalue weighted by molar-refractivity contribution is 0.0941. The molecule has 5 nitrogen and oxygen atoms in total. The van der Waals surface area contributed by atoms with Crippen LogP contribution in [0.1, 0.15) is 41.9 Å². The fourth-order valence-corrected chi connectivity index (χ4v) is 1.39. The fraction of sp³-hybridized carbons (Fsp3) is 0.636. The van der Waals surface area contributed by atoms with Gasteiger partial charge in [-0.1, -0.05) is 5.16 Å². The van der Waals surface area contributed by atoms with Crippen molar-refractivity contribution in [2.75, 3.05) is 13.6 Å². The zero-order valence-electron chi connectivity index (χ0n) is 9.62. The predicted octanol–water partition coefficient (Wildman–Crippen LogP) is 0.890. The second kappa shape index (κ2) is 4.65. The smallest absolute Gasteiger partial charge is 0.273 e. The van der Waals surface area contributed by atoms with Crippen LogP contribution >= 0.6 is 0 Å². The molecule has 5 heteroatoms. The summed E-state index contributed by atoms with van der Waals surface area (Å²) in [6, 6.07) is 2.00. The minimum absolute atomic E-state index is 0.169. The highest BCUT2D eigenvalue weighted by molar-refractivity contribution is 5.92. The Hall–Kier alpha value is -1.36. The second-order valence-electron chi connectivity index (χ2n) is 4.29. The van der Waals surface area contributed by atoms with E-state index in [4.69, 9.17) is 4.52 Å². The summed E-state index contributed by atoms with van der Waals surface area (Å²) in [5.74, 6) is 1.16. The molecule has 16 heavy (non-hydrogen) atoms. The average molecular weight is 223 g/mol. The SMILES string of the molecule is CNC(C)CNC(=O)c1cc(C2CC2)on1. The highest BCUT2D eigenvalue weighted by Gasteiger charge is 2.28.